The molecular weight excluding hydrogens is 446 g/mol. The Morgan fingerprint density at radius 2 is 1.76 bits per heavy atom. The fraction of sp³-hybridized carbons (Fsp3) is 0.304. The average molecular weight is 470 g/mol. The van der Waals surface area contributed by atoms with Crippen LogP contribution in [0.1, 0.15) is 22.3 Å². The molecule has 34 heavy (non-hydrogen) atoms. The van der Waals surface area contributed by atoms with Gasteiger partial charge < -0.3 is 9.47 Å². The minimum absolute atomic E-state index is 0.0225. The molecule has 0 N–H and O–H groups in total. The summed E-state index contributed by atoms with van der Waals surface area (Å²) < 4.78 is 39.8. The zero-order valence-electron chi connectivity index (χ0n) is 19.4. The molecule has 9 nitrogen and oxygen atoms in total. The Labute approximate surface area is 194 Å². The van der Waals surface area contributed by atoms with Gasteiger partial charge in [0.15, 0.2) is 0 Å². The van der Waals surface area contributed by atoms with Crippen LogP contribution < -0.4 is 15.2 Å². The van der Waals surface area contributed by atoms with Crippen LogP contribution in [0.2, 0.25) is 0 Å². The van der Waals surface area contributed by atoms with Gasteiger partial charge in [0.2, 0.25) is 5.88 Å². The fourth-order valence-electron chi connectivity index (χ4n) is 3.78. The molecule has 0 bridgehead atoms. The number of tetrazole rings is 1. The van der Waals surface area contributed by atoms with Crippen LogP contribution in [0.3, 0.4) is 0 Å². The number of ether oxygens (including phenoxy) is 2. The molecule has 0 fully saturated rings. The van der Waals surface area contributed by atoms with Crippen molar-refractivity contribution in [2.45, 2.75) is 34.0 Å². The van der Waals surface area contributed by atoms with Crippen LogP contribution in [0.4, 0.5) is 8.78 Å². The molecule has 2 aromatic carbocycles. The average Bonchev–Trinajstić information content (AvgIpc) is 3.26. The molecule has 178 valence electrons. The minimum Gasteiger partial charge on any atom is -0.489 e. The van der Waals surface area contributed by atoms with Crippen LogP contribution in [-0.4, -0.2) is 36.2 Å². The van der Waals surface area contributed by atoms with Gasteiger partial charge in [-0.25, -0.2) is 9.48 Å². The third-order valence-electron chi connectivity index (χ3n) is 5.58. The van der Waals surface area contributed by atoms with Crippen LogP contribution in [0, 0.1) is 20.8 Å². The van der Waals surface area contributed by atoms with Crippen molar-refractivity contribution in [2.75, 3.05) is 0 Å². The third-order valence-corrected chi connectivity index (χ3v) is 5.58. The summed E-state index contributed by atoms with van der Waals surface area (Å²) in [6, 6.07) is 11.1. The molecule has 0 radical (unpaired) electrons. The number of aryl methyl sites for hydroxylation is 4. The summed E-state index contributed by atoms with van der Waals surface area (Å²) in [5.41, 5.74) is 4.67. The van der Waals surface area contributed by atoms with E-state index in [2.05, 4.69) is 20.3 Å². The number of alkyl halides is 2. The van der Waals surface area contributed by atoms with E-state index in [0.29, 0.717) is 22.7 Å². The van der Waals surface area contributed by atoms with E-state index < -0.39 is 6.61 Å². The topological polar surface area (TPSA) is 89.0 Å². The largest absolute Gasteiger partial charge is 0.489 e. The van der Waals surface area contributed by atoms with Crippen molar-refractivity contribution in [2.24, 2.45) is 14.1 Å². The van der Waals surface area contributed by atoms with E-state index in [1.807, 2.05) is 38.1 Å². The lowest BCUT2D eigenvalue weighted by molar-refractivity contribution is -0.0557. The van der Waals surface area contributed by atoms with Crippen molar-refractivity contribution >= 4 is 0 Å². The lowest BCUT2D eigenvalue weighted by Gasteiger charge is -2.14. The van der Waals surface area contributed by atoms with Gasteiger partial charge in [0.05, 0.1) is 11.4 Å². The van der Waals surface area contributed by atoms with Gasteiger partial charge in [0.1, 0.15) is 12.4 Å². The normalized spacial score (nSPS) is 11.3. The Bertz CT molecular complexity index is 1410. The second kappa shape index (κ2) is 9.08. The number of nitrogens with zero attached hydrogens (tertiary/aromatic N) is 6. The Morgan fingerprint density at radius 3 is 2.41 bits per heavy atom. The van der Waals surface area contributed by atoms with E-state index in [1.165, 1.54) is 16.4 Å². The first-order valence-electron chi connectivity index (χ1n) is 10.5. The summed E-state index contributed by atoms with van der Waals surface area (Å²) in [7, 11) is 3.09. The molecule has 0 saturated heterocycles. The predicted octanol–water partition coefficient (Wildman–Crippen LogP) is 3.47. The van der Waals surface area contributed by atoms with E-state index in [1.54, 1.807) is 26.1 Å². The number of hydrogen-bond acceptors (Lipinski definition) is 6. The van der Waals surface area contributed by atoms with E-state index in [-0.39, 0.29) is 18.2 Å². The monoisotopic (exact) mass is 470 g/mol. The van der Waals surface area contributed by atoms with Crippen LogP contribution in [0.5, 0.6) is 11.6 Å². The first-order chi connectivity index (χ1) is 16.2. The van der Waals surface area contributed by atoms with Crippen molar-refractivity contribution in [1.29, 1.82) is 0 Å². The zero-order chi connectivity index (χ0) is 24.6. The molecule has 0 aliphatic carbocycles. The second-order valence-electron chi connectivity index (χ2n) is 7.92. The molecule has 11 heteroatoms. The van der Waals surface area contributed by atoms with Crippen LogP contribution >= 0.6 is 0 Å². The van der Waals surface area contributed by atoms with Gasteiger partial charge in [0.25, 0.3) is 0 Å². The molecule has 0 amide bonds. The molecule has 0 aliphatic heterocycles. The summed E-state index contributed by atoms with van der Waals surface area (Å²) in [4.78, 5) is 12.3. The lowest BCUT2D eigenvalue weighted by Crippen LogP contribution is -2.23. The molecular formula is C23H24F2N6O3. The second-order valence-corrected chi connectivity index (χ2v) is 7.92. The minimum atomic E-state index is -2.93. The highest BCUT2D eigenvalue weighted by molar-refractivity contribution is 5.67. The maximum atomic E-state index is 12.7. The highest BCUT2D eigenvalue weighted by Gasteiger charge is 2.19. The molecule has 0 unspecified atom stereocenters. The van der Waals surface area contributed by atoms with Gasteiger partial charge in [-0.3, -0.25) is 0 Å². The first kappa shape index (κ1) is 23.1. The van der Waals surface area contributed by atoms with E-state index in [0.717, 1.165) is 26.9 Å². The Balaban J connectivity index is 1.60. The summed E-state index contributed by atoms with van der Waals surface area (Å²) >= 11 is 0. The highest BCUT2D eigenvalue weighted by Crippen LogP contribution is 2.33. The number of hydrogen-bond donors (Lipinski definition) is 0. The number of aromatic nitrogens is 6. The maximum Gasteiger partial charge on any atom is 0.388 e. The van der Waals surface area contributed by atoms with E-state index >= 15 is 0 Å². The summed E-state index contributed by atoms with van der Waals surface area (Å²) in [5, 5.41) is 12.1. The third kappa shape index (κ3) is 4.28. The Kier molecular flexibility index (Phi) is 6.18. The Morgan fingerprint density at radius 1 is 1.00 bits per heavy atom. The van der Waals surface area contributed by atoms with Gasteiger partial charge in [-0.05, 0) is 66.6 Å². The molecule has 2 heterocycles. The predicted molar refractivity (Wildman–Crippen MR) is 120 cm³/mol. The molecule has 2 aromatic heterocycles. The zero-order valence-corrected chi connectivity index (χ0v) is 19.4. The summed E-state index contributed by atoms with van der Waals surface area (Å²) in [5.74, 6) is 0.663. The number of halogens is 2. The SMILES string of the molecule is Cc1cc(-c2nn(C)c(OC(F)F)c2C)ccc1OCc1c(C)cccc1-n1nnn(C)c1=O. The maximum absolute atomic E-state index is 12.7. The quantitative estimate of drug-likeness (QED) is 0.411. The van der Waals surface area contributed by atoms with Crippen molar-refractivity contribution < 1.29 is 18.3 Å². The van der Waals surface area contributed by atoms with Crippen molar-refractivity contribution in [3.63, 3.8) is 0 Å². The molecule has 0 saturated carbocycles. The smallest absolute Gasteiger partial charge is 0.388 e. The lowest BCUT2D eigenvalue weighted by atomic mass is 10.0. The van der Waals surface area contributed by atoms with Gasteiger partial charge in [-0.15, -0.1) is 0 Å². The summed E-state index contributed by atoms with van der Waals surface area (Å²) in [6.07, 6.45) is 0. The van der Waals surface area contributed by atoms with Gasteiger partial charge in [-0.2, -0.15) is 23.2 Å². The first-order valence-corrected chi connectivity index (χ1v) is 10.5. The highest BCUT2D eigenvalue weighted by atomic mass is 19.3. The standard InChI is InChI=1S/C23H24F2N6O3/c1-13-7-6-8-18(31-23(32)30(5)27-28-31)17(13)12-33-19-10-9-16(11-14(19)2)20-15(3)21(29(4)26-20)34-22(24)25/h6-11,22H,12H2,1-5H3. The molecule has 4 rings (SSSR count). The Hall–Kier alpha value is -4.02. The molecule has 0 atom stereocenters. The van der Waals surface area contributed by atoms with Gasteiger partial charge in [-0.1, -0.05) is 12.1 Å². The molecule has 0 aliphatic rings. The van der Waals surface area contributed by atoms with Gasteiger partial charge in [0, 0.05) is 30.8 Å². The van der Waals surface area contributed by atoms with E-state index in [9.17, 15) is 13.6 Å². The molecule has 4 aromatic rings. The van der Waals surface area contributed by atoms with Crippen LogP contribution in [0.15, 0.2) is 41.2 Å². The van der Waals surface area contributed by atoms with Crippen molar-refractivity contribution in [1.82, 2.24) is 29.6 Å². The summed E-state index contributed by atoms with van der Waals surface area (Å²) in [6.45, 7) is 2.79. The van der Waals surface area contributed by atoms with Crippen molar-refractivity contribution in [3.8, 4) is 28.6 Å². The number of benzene rings is 2. The molecule has 0 spiro atoms. The van der Waals surface area contributed by atoms with Gasteiger partial charge >= 0.3 is 12.3 Å². The number of rotatable bonds is 7. The van der Waals surface area contributed by atoms with Crippen LogP contribution in [0.25, 0.3) is 16.9 Å². The fourth-order valence-corrected chi connectivity index (χ4v) is 3.78. The van der Waals surface area contributed by atoms with Crippen molar-refractivity contribution in [3.05, 3.63) is 69.1 Å². The van der Waals surface area contributed by atoms with E-state index in [4.69, 9.17) is 4.74 Å². The van der Waals surface area contributed by atoms with Crippen LogP contribution in [-0.2, 0) is 20.7 Å².